The van der Waals surface area contributed by atoms with E-state index in [0.717, 1.165) is 6.08 Å². The fourth-order valence-electron chi connectivity index (χ4n) is 3.27. The van der Waals surface area contributed by atoms with Crippen molar-refractivity contribution in [3.05, 3.63) is 84.8 Å². The maximum Gasteiger partial charge on any atom is 0.247 e. The summed E-state index contributed by atoms with van der Waals surface area (Å²) in [6.45, 7) is 5.18. The van der Waals surface area contributed by atoms with Crippen molar-refractivity contribution in [3.8, 4) is 11.1 Å². The number of carbonyl (C=O) groups excluding carboxylic acids is 1. The van der Waals surface area contributed by atoms with Gasteiger partial charge in [-0.3, -0.25) is 9.48 Å². The van der Waals surface area contributed by atoms with Gasteiger partial charge < -0.3 is 16.0 Å². The number of nitrogens with one attached hydrogen (secondary N) is 3. The first-order chi connectivity index (χ1) is 16.3. The second-order valence-corrected chi connectivity index (χ2v) is 7.51. The molecule has 0 atom stereocenters. The molecule has 0 bridgehead atoms. The fraction of sp³-hybridized carbons (Fsp3) is 0.0833. The summed E-state index contributed by atoms with van der Waals surface area (Å²) in [5.41, 5.74) is 2.76. The van der Waals surface area contributed by atoms with E-state index in [4.69, 9.17) is 0 Å². The van der Waals surface area contributed by atoms with Crippen molar-refractivity contribution in [3.63, 3.8) is 0 Å². The molecule has 0 saturated carbocycles. The number of amides is 1. The normalized spacial score (nSPS) is 10.6. The van der Waals surface area contributed by atoms with Crippen LogP contribution in [0.4, 0.5) is 37.6 Å². The molecule has 0 aliphatic carbocycles. The lowest BCUT2D eigenvalue weighted by molar-refractivity contribution is -0.111. The summed E-state index contributed by atoms with van der Waals surface area (Å²) in [5.74, 6) is -0.961. The van der Waals surface area contributed by atoms with Crippen molar-refractivity contribution >= 4 is 34.7 Å². The van der Waals surface area contributed by atoms with Gasteiger partial charge in [0.1, 0.15) is 17.5 Å². The number of hydrogen-bond donors (Lipinski definition) is 3. The van der Waals surface area contributed by atoms with Crippen LogP contribution in [0.1, 0.15) is 5.56 Å². The third-order valence-electron chi connectivity index (χ3n) is 4.78. The van der Waals surface area contributed by atoms with Crippen LogP contribution in [0.2, 0.25) is 0 Å². The molecule has 0 radical (unpaired) electrons. The Balaban J connectivity index is 1.76. The highest BCUT2D eigenvalue weighted by Gasteiger charge is 2.15. The SMILES string of the molecule is C=CC(=O)Nc1ccc(F)c(Nc2nc(Nc3cnn(C)c3)ncc2-c2cc(C)cc(F)c2)c1. The van der Waals surface area contributed by atoms with E-state index < -0.39 is 17.5 Å². The van der Waals surface area contributed by atoms with Crippen LogP contribution in [-0.4, -0.2) is 25.7 Å². The minimum absolute atomic E-state index is 0.0577. The van der Waals surface area contributed by atoms with Gasteiger partial charge in [0, 0.05) is 30.7 Å². The number of halogens is 2. The van der Waals surface area contributed by atoms with Crippen LogP contribution < -0.4 is 16.0 Å². The molecule has 2 heterocycles. The summed E-state index contributed by atoms with van der Waals surface area (Å²) in [4.78, 5) is 20.5. The van der Waals surface area contributed by atoms with E-state index in [1.807, 2.05) is 0 Å². The van der Waals surface area contributed by atoms with E-state index >= 15 is 0 Å². The van der Waals surface area contributed by atoms with E-state index in [9.17, 15) is 13.6 Å². The first kappa shape index (κ1) is 22.6. The largest absolute Gasteiger partial charge is 0.337 e. The van der Waals surface area contributed by atoms with Gasteiger partial charge in [0.15, 0.2) is 0 Å². The quantitative estimate of drug-likeness (QED) is 0.332. The Hall–Kier alpha value is -4.60. The maximum absolute atomic E-state index is 14.7. The molecule has 3 N–H and O–H groups in total. The molecule has 34 heavy (non-hydrogen) atoms. The molecular formula is C24H21F2N7O. The van der Waals surface area contributed by atoms with Gasteiger partial charge in [-0.05, 0) is 54.5 Å². The zero-order valence-electron chi connectivity index (χ0n) is 18.4. The molecule has 0 aliphatic rings. The van der Waals surface area contributed by atoms with Crippen LogP contribution in [0.15, 0.2) is 67.6 Å². The Morgan fingerprint density at radius 2 is 1.91 bits per heavy atom. The zero-order valence-corrected chi connectivity index (χ0v) is 18.4. The van der Waals surface area contributed by atoms with Gasteiger partial charge in [0.2, 0.25) is 11.9 Å². The first-order valence-electron chi connectivity index (χ1n) is 10.2. The monoisotopic (exact) mass is 461 g/mol. The predicted molar refractivity (Wildman–Crippen MR) is 127 cm³/mol. The summed E-state index contributed by atoms with van der Waals surface area (Å²) < 4.78 is 30.4. The lowest BCUT2D eigenvalue weighted by Gasteiger charge is -2.15. The Morgan fingerprint density at radius 3 is 2.62 bits per heavy atom. The van der Waals surface area contributed by atoms with E-state index in [1.165, 1.54) is 36.5 Å². The molecule has 0 unspecified atom stereocenters. The lowest BCUT2D eigenvalue weighted by atomic mass is 10.0. The van der Waals surface area contributed by atoms with Crippen LogP contribution in [0.3, 0.4) is 0 Å². The highest BCUT2D eigenvalue weighted by Crippen LogP contribution is 2.32. The average Bonchev–Trinajstić information content (AvgIpc) is 3.20. The molecule has 2 aromatic carbocycles. The average molecular weight is 461 g/mol. The van der Waals surface area contributed by atoms with Crippen molar-refractivity contribution in [1.29, 1.82) is 0 Å². The number of aryl methyl sites for hydroxylation is 2. The number of rotatable bonds is 7. The molecule has 172 valence electrons. The number of aromatic nitrogens is 4. The Kier molecular flexibility index (Phi) is 6.30. The van der Waals surface area contributed by atoms with Crippen LogP contribution in [-0.2, 0) is 11.8 Å². The molecular weight excluding hydrogens is 440 g/mol. The Labute approximate surface area is 194 Å². The van der Waals surface area contributed by atoms with Gasteiger partial charge in [-0.15, -0.1) is 0 Å². The van der Waals surface area contributed by atoms with Gasteiger partial charge in [-0.25, -0.2) is 13.8 Å². The predicted octanol–water partition coefficient (Wildman–Crippen LogP) is 5.08. The third-order valence-corrected chi connectivity index (χ3v) is 4.78. The minimum Gasteiger partial charge on any atom is -0.337 e. The summed E-state index contributed by atoms with van der Waals surface area (Å²) in [5, 5.41) is 12.7. The fourth-order valence-corrected chi connectivity index (χ4v) is 3.27. The third kappa shape index (κ3) is 5.23. The zero-order chi connectivity index (χ0) is 24.2. The second kappa shape index (κ2) is 9.49. The standard InChI is InChI=1S/C24H21F2N7O/c1-4-22(34)29-17-5-6-20(26)21(10-17)31-23-19(15-7-14(2)8-16(25)9-15)12-27-24(32-23)30-18-11-28-33(3)13-18/h4-13H,1H2,2-3H3,(H,29,34)(H2,27,30,31,32). The highest BCUT2D eigenvalue weighted by molar-refractivity contribution is 5.99. The van der Waals surface area contributed by atoms with Crippen LogP contribution in [0.25, 0.3) is 11.1 Å². The number of nitrogens with zero attached hydrogens (tertiary/aromatic N) is 4. The van der Waals surface area contributed by atoms with Crippen molar-refractivity contribution in [2.45, 2.75) is 6.92 Å². The summed E-state index contributed by atoms with van der Waals surface area (Å²) in [6, 6.07) is 8.59. The van der Waals surface area contributed by atoms with Crippen molar-refractivity contribution in [2.24, 2.45) is 7.05 Å². The first-order valence-corrected chi connectivity index (χ1v) is 10.2. The molecule has 2 aromatic heterocycles. The number of carbonyl (C=O) groups is 1. The molecule has 0 saturated heterocycles. The van der Waals surface area contributed by atoms with Crippen LogP contribution >= 0.6 is 0 Å². The summed E-state index contributed by atoms with van der Waals surface area (Å²) in [7, 11) is 1.77. The van der Waals surface area contributed by atoms with E-state index in [0.29, 0.717) is 28.1 Å². The van der Waals surface area contributed by atoms with E-state index in [1.54, 1.807) is 37.1 Å². The van der Waals surface area contributed by atoms with Gasteiger partial charge in [0.25, 0.3) is 0 Å². The molecule has 1 amide bonds. The smallest absolute Gasteiger partial charge is 0.247 e. The molecule has 8 nitrogen and oxygen atoms in total. The summed E-state index contributed by atoms with van der Waals surface area (Å²) in [6.07, 6.45) is 5.97. The topological polar surface area (TPSA) is 96.8 Å². The van der Waals surface area contributed by atoms with E-state index in [-0.39, 0.29) is 17.5 Å². The van der Waals surface area contributed by atoms with Crippen molar-refractivity contribution in [2.75, 3.05) is 16.0 Å². The molecule has 4 aromatic rings. The lowest BCUT2D eigenvalue weighted by Crippen LogP contribution is -2.08. The highest BCUT2D eigenvalue weighted by atomic mass is 19.1. The van der Waals surface area contributed by atoms with Gasteiger partial charge >= 0.3 is 0 Å². The molecule has 10 heteroatoms. The van der Waals surface area contributed by atoms with Gasteiger partial charge in [-0.1, -0.05) is 12.6 Å². The van der Waals surface area contributed by atoms with Crippen LogP contribution in [0, 0.1) is 18.6 Å². The second-order valence-electron chi connectivity index (χ2n) is 7.51. The molecule has 0 fully saturated rings. The minimum atomic E-state index is -0.571. The number of hydrogen-bond acceptors (Lipinski definition) is 6. The van der Waals surface area contributed by atoms with Crippen molar-refractivity contribution in [1.82, 2.24) is 19.7 Å². The Bertz CT molecular complexity index is 1360. The number of benzene rings is 2. The summed E-state index contributed by atoms with van der Waals surface area (Å²) >= 11 is 0. The molecule has 0 spiro atoms. The van der Waals surface area contributed by atoms with Crippen LogP contribution in [0.5, 0.6) is 0 Å². The maximum atomic E-state index is 14.7. The Morgan fingerprint density at radius 1 is 1.09 bits per heavy atom. The van der Waals surface area contributed by atoms with Gasteiger partial charge in [0.05, 0.1) is 17.6 Å². The van der Waals surface area contributed by atoms with Crippen molar-refractivity contribution < 1.29 is 13.6 Å². The van der Waals surface area contributed by atoms with Gasteiger partial charge in [-0.2, -0.15) is 10.1 Å². The number of anilines is 5. The van der Waals surface area contributed by atoms with E-state index in [2.05, 4.69) is 37.6 Å². The molecule has 0 aliphatic heterocycles. The molecule has 4 rings (SSSR count).